The van der Waals surface area contributed by atoms with Crippen LogP contribution in [0.3, 0.4) is 0 Å². The molecule has 138 valence electrons. The Morgan fingerprint density at radius 1 is 1.20 bits per heavy atom. The molecule has 1 aromatic rings. The number of hydrogen-bond acceptors (Lipinski definition) is 3. The highest BCUT2D eigenvalue weighted by atomic mass is 16.2. The molecule has 0 spiro atoms. The summed E-state index contributed by atoms with van der Waals surface area (Å²) in [5.74, 6) is 1.71. The average molecular weight is 346 g/mol. The molecule has 2 heterocycles. The van der Waals surface area contributed by atoms with E-state index in [4.69, 9.17) is 0 Å². The summed E-state index contributed by atoms with van der Waals surface area (Å²) in [5.41, 5.74) is 0. The molecular weight excluding hydrogens is 316 g/mol. The van der Waals surface area contributed by atoms with Crippen LogP contribution in [0.15, 0.2) is 12.4 Å². The number of imidazole rings is 1. The third-order valence-electron chi connectivity index (χ3n) is 5.57. The van der Waals surface area contributed by atoms with Gasteiger partial charge in [0.05, 0.1) is 0 Å². The Kier molecular flexibility index (Phi) is 6.10. The molecule has 6 heteroatoms. The quantitative estimate of drug-likeness (QED) is 0.858. The number of carbonyl (C=O) groups excluding carboxylic acids is 2. The van der Waals surface area contributed by atoms with Crippen LogP contribution >= 0.6 is 0 Å². The SMILES string of the molecule is CCc1nccn1CCC(=O)NC1CCN(C(=O)C2CCCC2)CC1. The van der Waals surface area contributed by atoms with E-state index in [0.29, 0.717) is 18.9 Å². The summed E-state index contributed by atoms with van der Waals surface area (Å²) < 4.78 is 2.04. The van der Waals surface area contributed by atoms with Crippen LogP contribution < -0.4 is 5.32 Å². The molecule has 0 bridgehead atoms. The lowest BCUT2D eigenvalue weighted by Gasteiger charge is -2.34. The van der Waals surface area contributed by atoms with Gasteiger partial charge in [-0.05, 0) is 25.7 Å². The van der Waals surface area contributed by atoms with Crippen LogP contribution in [0, 0.1) is 5.92 Å². The van der Waals surface area contributed by atoms with Crippen LogP contribution in [0.2, 0.25) is 0 Å². The Morgan fingerprint density at radius 2 is 1.92 bits per heavy atom. The smallest absolute Gasteiger partial charge is 0.225 e. The van der Waals surface area contributed by atoms with Gasteiger partial charge in [-0.25, -0.2) is 4.98 Å². The first-order valence-corrected chi connectivity index (χ1v) is 9.75. The lowest BCUT2D eigenvalue weighted by molar-refractivity contribution is -0.136. The van der Waals surface area contributed by atoms with Crippen molar-refractivity contribution < 1.29 is 9.59 Å². The van der Waals surface area contributed by atoms with Crippen LogP contribution in [0.4, 0.5) is 0 Å². The lowest BCUT2D eigenvalue weighted by atomic mass is 10.0. The molecule has 1 N–H and O–H groups in total. The second kappa shape index (κ2) is 8.50. The molecule has 1 saturated carbocycles. The monoisotopic (exact) mass is 346 g/mol. The zero-order valence-electron chi connectivity index (χ0n) is 15.2. The topological polar surface area (TPSA) is 67.2 Å². The van der Waals surface area contributed by atoms with E-state index in [1.54, 1.807) is 6.20 Å². The highest BCUT2D eigenvalue weighted by molar-refractivity contribution is 5.79. The van der Waals surface area contributed by atoms with Crippen molar-refractivity contribution in [2.24, 2.45) is 5.92 Å². The number of aromatic nitrogens is 2. The Balaban J connectivity index is 1.38. The number of nitrogens with zero attached hydrogens (tertiary/aromatic N) is 3. The number of piperidine rings is 1. The normalized spacial score (nSPS) is 19.3. The van der Waals surface area contributed by atoms with Gasteiger partial charge in [0.2, 0.25) is 11.8 Å². The summed E-state index contributed by atoms with van der Waals surface area (Å²) in [6.07, 6.45) is 11.3. The van der Waals surface area contributed by atoms with E-state index >= 15 is 0 Å². The minimum Gasteiger partial charge on any atom is -0.353 e. The van der Waals surface area contributed by atoms with E-state index in [1.807, 2.05) is 15.7 Å². The predicted molar refractivity (Wildman–Crippen MR) is 95.9 cm³/mol. The Morgan fingerprint density at radius 3 is 2.60 bits per heavy atom. The number of likely N-dealkylation sites (tertiary alicyclic amines) is 1. The molecule has 1 aromatic heterocycles. The summed E-state index contributed by atoms with van der Waals surface area (Å²) in [5, 5.41) is 3.14. The molecule has 6 nitrogen and oxygen atoms in total. The molecule has 2 fully saturated rings. The zero-order chi connectivity index (χ0) is 17.6. The maximum absolute atomic E-state index is 12.5. The minimum absolute atomic E-state index is 0.0938. The lowest BCUT2D eigenvalue weighted by Crippen LogP contribution is -2.47. The number of rotatable bonds is 6. The second-order valence-corrected chi connectivity index (χ2v) is 7.29. The van der Waals surface area contributed by atoms with Gasteiger partial charge in [0.15, 0.2) is 0 Å². The van der Waals surface area contributed by atoms with Crippen molar-refractivity contribution in [3.63, 3.8) is 0 Å². The highest BCUT2D eigenvalue weighted by Crippen LogP contribution is 2.27. The van der Waals surface area contributed by atoms with Gasteiger partial charge in [-0.2, -0.15) is 0 Å². The molecule has 1 saturated heterocycles. The molecule has 3 rings (SSSR count). The predicted octanol–water partition coefficient (Wildman–Crippen LogP) is 2.13. The van der Waals surface area contributed by atoms with Crippen LogP contribution in [-0.2, 0) is 22.6 Å². The molecule has 2 amide bonds. The van der Waals surface area contributed by atoms with Crippen molar-refractivity contribution in [3.05, 3.63) is 18.2 Å². The van der Waals surface area contributed by atoms with Crippen LogP contribution in [0.5, 0.6) is 0 Å². The molecular formula is C19H30N4O2. The molecule has 0 aromatic carbocycles. The Hall–Kier alpha value is -1.85. The van der Waals surface area contributed by atoms with Crippen molar-refractivity contribution >= 4 is 11.8 Å². The number of carbonyl (C=O) groups is 2. The third-order valence-corrected chi connectivity index (χ3v) is 5.57. The number of aryl methyl sites for hydroxylation is 2. The molecule has 0 radical (unpaired) electrons. The minimum atomic E-state index is 0.0938. The van der Waals surface area contributed by atoms with Gasteiger partial charge in [-0.1, -0.05) is 19.8 Å². The van der Waals surface area contributed by atoms with Crippen molar-refractivity contribution in [2.75, 3.05) is 13.1 Å². The molecule has 0 unspecified atom stereocenters. The van der Waals surface area contributed by atoms with Gasteiger partial charge in [-0.15, -0.1) is 0 Å². The van der Waals surface area contributed by atoms with E-state index < -0.39 is 0 Å². The van der Waals surface area contributed by atoms with Crippen LogP contribution in [0.25, 0.3) is 0 Å². The molecule has 0 atom stereocenters. The maximum atomic E-state index is 12.5. The Bertz CT molecular complexity index is 584. The number of hydrogen-bond donors (Lipinski definition) is 1. The van der Waals surface area contributed by atoms with Crippen LogP contribution in [-0.4, -0.2) is 45.4 Å². The van der Waals surface area contributed by atoms with Crippen molar-refractivity contribution in [3.8, 4) is 0 Å². The Labute approximate surface area is 150 Å². The maximum Gasteiger partial charge on any atom is 0.225 e. The van der Waals surface area contributed by atoms with Crippen LogP contribution in [0.1, 0.15) is 57.7 Å². The van der Waals surface area contributed by atoms with Crippen molar-refractivity contribution in [1.29, 1.82) is 0 Å². The zero-order valence-corrected chi connectivity index (χ0v) is 15.2. The van der Waals surface area contributed by atoms with Gasteiger partial charge < -0.3 is 14.8 Å². The first-order chi connectivity index (χ1) is 12.2. The van der Waals surface area contributed by atoms with Gasteiger partial charge in [0.1, 0.15) is 5.82 Å². The average Bonchev–Trinajstić information content (AvgIpc) is 3.31. The van der Waals surface area contributed by atoms with E-state index in [2.05, 4.69) is 17.2 Å². The second-order valence-electron chi connectivity index (χ2n) is 7.29. The van der Waals surface area contributed by atoms with Crippen molar-refractivity contribution in [2.45, 2.75) is 70.9 Å². The third kappa shape index (κ3) is 4.61. The summed E-state index contributed by atoms with van der Waals surface area (Å²) in [7, 11) is 0. The molecule has 1 aliphatic carbocycles. The number of amides is 2. The van der Waals surface area contributed by atoms with Gasteiger partial charge in [0, 0.05) is 56.8 Å². The molecule has 2 aliphatic rings. The van der Waals surface area contributed by atoms with E-state index in [0.717, 1.165) is 51.0 Å². The molecule has 25 heavy (non-hydrogen) atoms. The fourth-order valence-corrected chi connectivity index (χ4v) is 4.06. The highest BCUT2D eigenvalue weighted by Gasteiger charge is 2.30. The summed E-state index contributed by atoms with van der Waals surface area (Å²) in [6.45, 7) is 4.30. The first-order valence-electron chi connectivity index (χ1n) is 9.75. The van der Waals surface area contributed by atoms with Gasteiger partial charge in [0.25, 0.3) is 0 Å². The van der Waals surface area contributed by atoms with E-state index in [1.165, 1.54) is 12.8 Å². The summed E-state index contributed by atoms with van der Waals surface area (Å²) >= 11 is 0. The summed E-state index contributed by atoms with van der Waals surface area (Å²) in [6, 6.07) is 0.202. The van der Waals surface area contributed by atoms with E-state index in [-0.39, 0.29) is 17.9 Å². The fourth-order valence-electron chi connectivity index (χ4n) is 4.06. The summed E-state index contributed by atoms with van der Waals surface area (Å²) in [4.78, 5) is 30.9. The van der Waals surface area contributed by atoms with E-state index in [9.17, 15) is 9.59 Å². The fraction of sp³-hybridized carbons (Fsp3) is 0.737. The standard InChI is InChI=1S/C19H30N4O2/c1-2-17-20-10-14-22(17)13-9-18(24)21-16-7-11-23(12-8-16)19(25)15-5-3-4-6-15/h10,14-16H,2-9,11-13H2,1H3,(H,21,24). The van der Waals surface area contributed by atoms with Gasteiger partial charge >= 0.3 is 0 Å². The molecule has 1 aliphatic heterocycles. The van der Waals surface area contributed by atoms with Crippen molar-refractivity contribution in [1.82, 2.24) is 19.8 Å². The van der Waals surface area contributed by atoms with Gasteiger partial charge in [-0.3, -0.25) is 9.59 Å². The number of nitrogens with one attached hydrogen (secondary N) is 1. The first kappa shape index (κ1) is 18.0. The largest absolute Gasteiger partial charge is 0.353 e.